The number of nitrogens with one attached hydrogen (secondary N) is 1. The van der Waals surface area contributed by atoms with E-state index in [0.29, 0.717) is 22.9 Å². The quantitative estimate of drug-likeness (QED) is 0.671. The van der Waals surface area contributed by atoms with Crippen molar-refractivity contribution in [2.75, 3.05) is 5.75 Å². The summed E-state index contributed by atoms with van der Waals surface area (Å²) in [6.45, 7) is 2.47. The maximum Gasteiger partial charge on any atom is 0.341 e. The molecule has 2 aromatic heterocycles. The highest BCUT2D eigenvalue weighted by Crippen LogP contribution is 2.29. The predicted molar refractivity (Wildman–Crippen MR) is 79.4 cm³/mol. The van der Waals surface area contributed by atoms with Gasteiger partial charge in [-0.3, -0.25) is 4.79 Å². The number of ether oxygens (including phenoxy) is 1. The van der Waals surface area contributed by atoms with Gasteiger partial charge >= 0.3 is 5.97 Å². The molecule has 0 aromatic carbocycles. The number of aryl methyl sites for hydroxylation is 1. The van der Waals surface area contributed by atoms with Gasteiger partial charge in [-0.25, -0.2) is 9.78 Å². The van der Waals surface area contributed by atoms with Crippen molar-refractivity contribution in [2.45, 2.75) is 25.1 Å². The first kappa shape index (κ1) is 14.6. The molecule has 0 radical (unpaired) electrons. The van der Waals surface area contributed by atoms with E-state index in [1.165, 1.54) is 11.8 Å². The van der Waals surface area contributed by atoms with E-state index < -0.39 is 0 Å². The van der Waals surface area contributed by atoms with E-state index in [4.69, 9.17) is 9.15 Å². The minimum Gasteiger partial charge on any atom is -0.467 e. The molecule has 0 fully saturated rings. The first-order valence-corrected chi connectivity index (χ1v) is 7.71. The molecule has 0 aliphatic carbocycles. The maximum absolute atomic E-state index is 11.9. The summed E-state index contributed by atoms with van der Waals surface area (Å²) in [4.78, 5) is 27.9. The van der Waals surface area contributed by atoms with Gasteiger partial charge in [-0.2, -0.15) is 0 Å². The van der Waals surface area contributed by atoms with Crippen LogP contribution >= 0.6 is 11.8 Å². The highest BCUT2D eigenvalue weighted by Gasteiger charge is 2.26. The second-order valence-electron chi connectivity index (χ2n) is 4.82. The molecule has 0 saturated carbocycles. The monoisotopic (exact) mass is 318 g/mol. The molecule has 3 rings (SSSR count). The lowest BCUT2D eigenvalue weighted by atomic mass is 10.1. The summed E-state index contributed by atoms with van der Waals surface area (Å²) in [7, 11) is 0. The SMILES string of the molecule is Cc1cc2c(c(SCC(=O)NCc3ccco3)n1)C(=O)OC2. The fourth-order valence-corrected chi connectivity index (χ4v) is 3.08. The largest absolute Gasteiger partial charge is 0.467 e. The number of thioether (sulfide) groups is 1. The van der Waals surface area contributed by atoms with E-state index in [9.17, 15) is 9.59 Å². The first-order valence-electron chi connectivity index (χ1n) is 6.73. The van der Waals surface area contributed by atoms with Crippen molar-refractivity contribution < 1.29 is 18.7 Å². The minimum absolute atomic E-state index is 0.148. The number of hydrogen-bond acceptors (Lipinski definition) is 6. The van der Waals surface area contributed by atoms with Gasteiger partial charge in [0.15, 0.2) is 0 Å². The highest BCUT2D eigenvalue weighted by molar-refractivity contribution is 8.00. The van der Waals surface area contributed by atoms with Crippen molar-refractivity contribution in [1.82, 2.24) is 10.3 Å². The molecule has 1 amide bonds. The third kappa shape index (κ3) is 3.14. The van der Waals surface area contributed by atoms with Crippen molar-refractivity contribution in [1.29, 1.82) is 0 Å². The van der Waals surface area contributed by atoms with Crippen LogP contribution in [0.2, 0.25) is 0 Å². The number of nitrogens with zero attached hydrogens (tertiary/aromatic N) is 1. The van der Waals surface area contributed by atoms with Gasteiger partial charge in [-0.1, -0.05) is 11.8 Å². The van der Waals surface area contributed by atoms with Crippen molar-refractivity contribution in [3.63, 3.8) is 0 Å². The molecule has 114 valence electrons. The molecule has 1 N–H and O–H groups in total. The lowest BCUT2D eigenvalue weighted by molar-refractivity contribution is -0.118. The summed E-state index contributed by atoms with van der Waals surface area (Å²) in [6.07, 6.45) is 1.56. The summed E-state index contributed by atoms with van der Waals surface area (Å²) < 4.78 is 10.2. The summed E-state index contributed by atoms with van der Waals surface area (Å²) in [6, 6.07) is 5.39. The molecule has 0 spiro atoms. The van der Waals surface area contributed by atoms with Crippen molar-refractivity contribution in [3.8, 4) is 0 Å². The zero-order valence-electron chi connectivity index (χ0n) is 11.9. The van der Waals surface area contributed by atoms with Gasteiger partial charge in [0, 0.05) is 11.3 Å². The van der Waals surface area contributed by atoms with Crippen LogP contribution in [0.15, 0.2) is 33.9 Å². The van der Waals surface area contributed by atoms with Gasteiger partial charge in [-0.05, 0) is 25.1 Å². The molecule has 0 unspecified atom stereocenters. The van der Waals surface area contributed by atoms with Gasteiger partial charge < -0.3 is 14.5 Å². The van der Waals surface area contributed by atoms with Crippen LogP contribution < -0.4 is 5.32 Å². The number of pyridine rings is 1. The van der Waals surface area contributed by atoms with E-state index >= 15 is 0 Å². The lowest BCUT2D eigenvalue weighted by Crippen LogP contribution is -2.24. The Kier molecular flexibility index (Phi) is 4.15. The molecular formula is C15H14N2O4S. The Balaban J connectivity index is 1.62. The number of carbonyl (C=O) groups excluding carboxylic acids is 2. The zero-order valence-corrected chi connectivity index (χ0v) is 12.7. The molecule has 0 atom stereocenters. The number of aromatic nitrogens is 1. The van der Waals surface area contributed by atoms with E-state index in [2.05, 4.69) is 10.3 Å². The van der Waals surface area contributed by atoms with E-state index in [1.807, 2.05) is 13.0 Å². The van der Waals surface area contributed by atoms with Crippen molar-refractivity contribution in [3.05, 3.63) is 47.0 Å². The standard InChI is InChI=1S/C15H14N2O4S/c1-9-5-10-7-21-15(19)13(10)14(17-9)22-8-12(18)16-6-11-3-2-4-20-11/h2-5H,6-8H2,1H3,(H,16,18). The number of rotatable bonds is 5. The average Bonchev–Trinajstić information content (AvgIpc) is 3.13. The number of furan rings is 1. The number of cyclic esters (lactones) is 1. The van der Waals surface area contributed by atoms with Gasteiger partial charge in [0.05, 0.1) is 24.1 Å². The Hall–Kier alpha value is -2.28. The molecule has 7 heteroatoms. The smallest absolute Gasteiger partial charge is 0.341 e. The molecule has 3 heterocycles. The number of carbonyl (C=O) groups is 2. The molecule has 0 bridgehead atoms. The number of esters is 1. The number of fused-ring (bicyclic) bond motifs is 1. The lowest BCUT2D eigenvalue weighted by Gasteiger charge is -2.06. The Bertz CT molecular complexity index is 713. The maximum atomic E-state index is 11.9. The molecule has 2 aromatic rings. The van der Waals surface area contributed by atoms with Crippen LogP contribution in [0.5, 0.6) is 0 Å². The van der Waals surface area contributed by atoms with Gasteiger partial charge in [-0.15, -0.1) is 0 Å². The summed E-state index contributed by atoms with van der Waals surface area (Å²) >= 11 is 1.23. The number of hydrogen-bond donors (Lipinski definition) is 1. The number of amides is 1. The van der Waals surface area contributed by atoms with E-state index in [0.717, 1.165) is 11.3 Å². The van der Waals surface area contributed by atoms with Crippen LogP contribution in [0.1, 0.15) is 27.4 Å². The van der Waals surface area contributed by atoms with Gasteiger partial charge in [0.1, 0.15) is 17.4 Å². The van der Waals surface area contributed by atoms with Crippen molar-refractivity contribution in [2.24, 2.45) is 0 Å². The highest BCUT2D eigenvalue weighted by atomic mass is 32.2. The Labute approximate surface area is 131 Å². The van der Waals surface area contributed by atoms with Crippen LogP contribution in [0.3, 0.4) is 0 Å². The molecule has 0 saturated heterocycles. The molecule has 1 aliphatic rings. The summed E-state index contributed by atoms with van der Waals surface area (Å²) in [5, 5.41) is 3.30. The predicted octanol–water partition coefficient (Wildman–Crippen LogP) is 2.06. The van der Waals surface area contributed by atoms with Gasteiger partial charge in [0.2, 0.25) is 5.91 Å². The molecule has 6 nitrogen and oxygen atoms in total. The normalized spacial score (nSPS) is 12.9. The molecule has 1 aliphatic heterocycles. The second-order valence-corrected chi connectivity index (χ2v) is 5.79. The van der Waals surface area contributed by atoms with Crippen molar-refractivity contribution >= 4 is 23.6 Å². The molecule has 22 heavy (non-hydrogen) atoms. The van der Waals surface area contributed by atoms with Gasteiger partial charge in [0.25, 0.3) is 0 Å². The van der Waals surface area contributed by atoms with Crippen LogP contribution in [0.4, 0.5) is 0 Å². The van der Waals surface area contributed by atoms with Crippen LogP contribution in [0, 0.1) is 6.92 Å². The summed E-state index contributed by atoms with van der Waals surface area (Å²) in [5.74, 6) is 0.346. The van der Waals surface area contributed by atoms with Crippen LogP contribution in [-0.4, -0.2) is 22.6 Å². The minimum atomic E-state index is -0.374. The first-order chi connectivity index (χ1) is 10.6. The van der Waals surface area contributed by atoms with Crippen LogP contribution in [-0.2, 0) is 22.7 Å². The summed E-state index contributed by atoms with van der Waals surface area (Å²) in [5.41, 5.74) is 2.11. The fraction of sp³-hybridized carbons (Fsp3) is 0.267. The topological polar surface area (TPSA) is 81.4 Å². The van der Waals surface area contributed by atoms with E-state index in [1.54, 1.807) is 18.4 Å². The Morgan fingerprint density at radius 3 is 3.14 bits per heavy atom. The Morgan fingerprint density at radius 1 is 1.50 bits per heavy atom. The molecular weight excluding hydrogens is 304 g/mol. The zero-order chi connectivity index (χ0) is 15.5. The second kappa shape index (κ2) is 6.23. The Morgan fingerprint density at radius 2 is 2.36 bits per heavy atom. The van der Waals surface area contributed by atoms with E-state index in [-0.39, 0.29) is 24.2 Å². The third-order valence-corrected chi connectivity index (χ3v) is 4.11. The fourth-order valence-electron chi connectivity index (χ4n) is 2.15. The average molecular weight is 318 g/mol. The third-order valence-electron chi connectivity index (χ3n) is 3.14. The van der Waals surface area contributed by atoms with Crippen LogP contribution in [0.25, 0.3) is 0 Å².